The normalized spacial score (nSPS) is 13.5. The van der Waals surface area contributed by atoms with Gasteiger partial charge in [0.2, 0.25) is 10.0 Å². The molecule has 1 unspecified atom stereocenters. The molecular weight excluding hydrogens is 258 g/mol. The van der Waals surface area contributed by atoms with Crippen LogP contribution in [0.3, 0.4) is 0 Å². The summed E-state index contributed by atoms with van der Waals surface area (Å²) in [6, 6.07) is 9.32. The molecule has 3 nitrogen and oxygen atoms in total. The molecule has 0 saturated heterocycles. The largest absolute Gasteiger partial charge is 0.212 e. The number of halogens is 1. The number of alkyl halides is 1. The first-order valence-electron chi connectivity index (χ1n) is 5.66. The first kappa shape index (κ1) is 14.5. The summed E-state index contributed by atoms with van der Waals surface area (Å²) in [7, 11) is -3.21. The van der Waals surface area contributed by atoms with Gasteiger partial charge in [0.1, 0.15) is 0 Å². The van der Waals surface area contributed by atoms with Gasteiger partial charge in [-0.05, 0) is 25.3 Å². The van der Waals surface area contributed by atoms with Crippen LogP contribution < -0.4 is 4.72 Å². The minimum atomic E-state index is -3.21. The zero-order valence-corrected chi connectivity index (χ0v) is 11.5. The second-order valence-electron chi connectivity index (χ2n) is 3.97. The Morgan fingerprint density at radius 3 is 2.47 bits per heavy atom. The summed E-state index contributed by atoms with van der Waals surface area (Å²) in [5.74, 6) is 0.640. The summed E-state index contributed by atoms with van der Waals surface area (Å²) in [4.78, 5) is 0. The smallest absolute Gasteiger partial charge is 0.212 e. The molecular formula is C12H18ClNO2S. The van der Waals surface area contributed by atoms with Gasteiger partial charge in [-0.15, -0.1) is 11.6 Å². The highest BCUT2D eigenvalue weighted by Crippen LogP contribution is 2.12. The Balaban J connectivity index is 2.53. The van der Waals surface area contributed by atoms with Crippen LogP contribution in [0.2, 0.25) is 0 Å². The van der Waals surface area contributed by atoms with E-state index in [-0.39, 0.29) is 11.8 Å². The van der Waals surface area contributed by atoms with Crippen molar-refractivity contribution >= 4 is 21.6 Å². The van der Waals surface area contributed by atoms with E-state index in [2.05, 4.69) is 4.72 Å². The molecule has 1 aromatic carbocycles. The molecule has 1 atom stereocenters. The van der Waals surface area contributed by atoms with E-state index in [1.54, 1.807) is 0 Å². The molecule has 0 amide bonds. The number of hydrogen-bond acceptors (Lipinski definition) is 2. The highest BCUT2D eigenvalue weighted by molar-refractivity contribution is 7.89. The minimum Gasteiger partial charge on any atom is -0.212 e. The fraction of sp³-hybridized carbons (Fsp3) is 0.500. The summed E-state index contributed by atoms with van der Waals surface area (Å²) in [6.45, 7) is 1.84. The number of unbranched alkanes of at least 4 members (excludes halogenated alkanes) is 1. The zero-order valence-electron chi connectivity index (χ0n) is 9.90. The molecule has 1 N–H and O–H groups in total. The number of sulfonamides is 1. The topological polar surface area (TPSA) is 46.2 Å². The third-order valence-corrected chi connectivity index (χ3v) is 4.26. The average Bonchev–Trinajstić information content (AvgIpc) is 2.30. The van der Waals surface area contributed by atoms with E-state index < -0.39 is 10.0 Å². The Bertz CT molecular complexity index is 419. The lowest BCUT2D eigenvalue weighted by atomic mass is 10.1. The average molecular weight is 276 g/mol. The molecule has 96 valence electrons. The Labute approximate surface area is 108 Å². The highest BCUT2D eigenvalue weighted by atomic mass is 35.5. The Kier molecular flexibility index (Phi) is 5.95. The van der Waals surface area contributed by atoms with E-state index in [0.29, 0.717) is 12.3 Å². The van der Waals surface area contributed by atoms with Crippen molar-refractivity contribution in [2.75, 3.05) is 11.6 Å². The van der Waals surface area contributed by atoms with Gasteiger partial charge in [0, 0.05) is 11.9 Å². The SMILES string of the molecule is CC(NS(=O)(=O)CCCCCl)c1ccccc1. The van der Waals surface area contributed by atoms with E-state index in [0.717, 1.165) is 12.0 Å². The molecule has 0 radical (unpaired) electrons. The molecule has 5 heteroatoms. The maximum Gasteiger partial charge on any atom is 0.212 e. The molecule has 0 bridgehead atoms. The summed E-state index contributed by atoms with van der Waals surface area (Å²) in [5.41, 5.74) is 0.966. The number of rotatable bonds is 7. The second-order valence-corrected chi connectivity index (χ2v) is 6.22. The summed E-state index contributed by atoms with van der Waals surface area (Å²) < 4.78 is 26.1. The van der Waals surface area contributed by atoms with Gasteiger partial charge in [0.05, 0.1) is 5.75 Å². The van der Waals surface area contributed by atoms with Crippen LogP contribution in [-0.4, -0.2) is 20.1 Å². The predicted octanol–water partition coefficient (Wildman–Crippen LogP) is 2.69. The fourth-order valence-corrected chi connectivity index (χ4v) is 3.09. The monoisotopic (exact) mass is 275 g/mol. The van der Waals surface area contributed by atoms with Crippen LogP contribution in [0.1, 0.15) is 31.4 Å². The molecule has 0 spiro atoms. The first-order chi connectivity index (χ1) is 8.05. The zero-order chi connectivity index (χ0) is 12.7. The standard InChI is InChI=1S/C12H18ClNO2S/c1-11(12-7-3-2-4-8-12)14-17(15,16)10-6-5-9-13/h2-4,7-8,11,14H,5-6,9-10H2,1H3. The van der Waals surface area contributed by atoms with Crippen LogP contribution in [0.15, 0.2) is 30.3 Å². The van der Waals surface area contributed by atoms with Crippen molar-refractivity contribution in [2.24, 2.45) is 0 Å². The van der Waals surface area contributed by atoms with E-state index in [4.69, 9.17) is 11.6 Å². The lowest BCUT2D eigenvalue weighted by molar-refractivity contribution is 0.564. The first-order valence-corrected chi connectivity index (χ1v) is 7.85. The van der Waals surface area contributed by atoms with Crippen LogP contribution in [0.5, 0.6) is 0 Å². The van der Waals surface area contributed by atoms with Crippen molar-refractivity contribution < 1.29 is 8.42 Å². The molecule has 1 rings (SSSR count). The number of nitrogens with one attached hydrogen (secondary N) is 1. The Morgan fingerprint density at radius 2 is 1.88 bits per heavy atom. The second kappa shape index (κ2) is 6.99. The molecule has 0 fully saturated rings. The number of benzene rings is 1. The summed E-state index contributed by atoms with van der Waals surface area (Å²) in [6.07, 6.45) is 1.32. The lowest BCUT2D eigenvalue weighted by Gasteiger charge is -2.14. The highest BCUT2D eigenvalue weighted by Gasteiger charge is 2.14. The molecule has 0 aromatic heterocycles. The van der Waals surface area contributed by atoms with Crippen LogP contribution in [0, 0.1) is 0 Å². The lowest BCUT2D eigenvalue weighted by Crippen LogP contribution is -2.29. The van der Waals surface area contributed by atoms with Crippen LogP contribution >= 0.6 is 11.6 Å². The van der Waals surface area contributed by atoms with E-state index in [1.807, 2.05) is 37.3 Å². The molecule has 0 aliphatic heterocycles. The molecule has 0 aliphatic rings. The predicted molar refractivity (Wildman–Crippen MR) is 71.7 cm³/mol. The third-order valence-electron chi connectivity index (χ3n) is 2.45. The van der Waals surface area contributed by atoms with Crippen molar-refractivity contribution in [3.05, 3.63) is 35.9 Å². The summed E-state index contributed by atoms with van der Waals surface area (Å²) >= 11 is 5.52. The molecule has 0 heterocycles. The van der Waals surface area contributed by atoms with Crippen molar-refractivity contribution in [2.45, 2.75) is 25.8 Å². The molecule has 0 aliphatic carbocycles. The van der Waals surface area contributed by atoms with Gasteiger partial charge < -0.3 is 0 Å². The quantitative estimate of drug-likeness (QED) is 0.614. The van der Waals surface area contributed by atoms with E-state index in [1.165, 1.54) is 0 Å². The molecule has 0 saturated carbocycles. The maximum absolute atomic E-state index is 11.7. The Morgan fingerprint density at radius 1 is 1.24 bits per heavy atom. The third kappa shape index (κ3) is 5.52. The van der Waals surface area contributed by atoms with Gasteiger partial charge in [0.25, 0.3) is 0 Å². The molecule has 1 aromatic rings. The van der Waals surface area contributed by atoms with Gasteiger partial charge in [-0.3, -0.25) is 0 Å². The minimum absolute atomic E-state index is 0.136. The van der Waals surface area contributed by atoms with Gasteiger partial charge in [-0.1, -0.05) is 30.3 Å². The van der Waals surface area contributed by atoms with E-state index >= 15 is 0 Å². The van der Waals surface area contributed by atoms with Crippen molar-refractivity contribution in [3.63, 3.8) is 0 Å². The Hall–Kier alpha value is -0.580. The summed E-state index contributed by atoms with van der Waals surface area (Å²) in [5, 5.41) is 0. The van der Waals surface area contributed by atoms with Crippen LogP contribution in [0.4, 0.5) is 0 Å². The van der Waals surface area contributed by atoms with Gasteiger partial charge in [0.15, 0.2) is 0 Å². The fourth-order valence-electron chi connectivity index (χ4n) is 1.52. The van der Waals surface area contributed by atoms with Gasteiger partial charge in [-0.2, -0.15) is 0 Å². The van der Waals surface area contributed by atoms with Crippen LogP contribution in [-0.2, 0) is 10.0 Å². The van der Waals surface area contributed by atoms with Crippen molar-refractivity contribution in [3.8, 4) is 0 Å². The van der Waals surface area contributed by atoms with Gasteiger partial charge >= 0.3 is 0 Å². The van der Waals surface area contributed by atoms with Gasteiger partial charge in [-0.25, -0.2) is 13.1 Å². The molecule has 17 heavy (non-hydrogen) atoms. The number of hydrogen-bond donors (Lipinski definition) is 1. The van der Waals surface area contributed by atoms with E-state index in [9.17, 15) is 8.42 Å². The van der Waals surface area contributed by atoms with Crippen molar-refractivity contribution in [1.29, 1.82) is 0 Å². The maximum atomic E-state index is 11.7. The van der Waals surface area contributed by atoms with Crippen LogP contribution in [0.25, 0.3) is 0 Å². The van der Waals surface area contributed by atoms with Crippen molar-refractivity contribution in [1.82, 2.24) is 4.72 Å².